The summed E-state index contributed by atoms with van der Waals surface area (Å²) in [5.41, 5.74) is -0.262. The van der Waals surface area contributed by atoms with E-state index in [1.165, 1.54) is 12.1 Å². The van der Waals surface area contributed by atoms with Crippen LogP contribution in [0.2, 0.25) is 0 Å². The fourth-order valence-corrected chi connectivity index (χ4v) is 2.19. The van der Waals surface area contributed by atoms with Gasteiger partial charge in [0.1, 0.15) is 5.75 Å². The highest BCUT2D eigenvalue weighted by Gasteiger charge is 2.22. The zero-order valence-corrected chi connectivity index (χ0v) is 13.0. The molecule has 0 saturated carbocycles. The fraction of sp³-hybridized carbons (Fsp3) is 0.118. The second-order valence-electron chi connectivity index (χ2n) is 5.30. The van der Waals surface area contributed by atoms with Crippen LogP contribution in [0.1, 0.15) is 36.6 Å². The van der Waals surface area contributed by atoms with Gasteiger partial charge in [-0.05, 0) is 30.3 Å². The maximum Gasteiger partial charge on any atom is 0.336 e. The monoisotopic (exact) mass is 329 g/mol. The third kappa shape index (κ3) is 3.19. The van der Waals surface area contributed by atoms with Crippen LogP contribution < -0.4 is 4.90 Å². The number of rotatable bonds is 5. The summed E-state index contributed by atoms with van der Waals surface area (Å²) in [7, 11) is 3.53. The maximum atomic E-state index is 12.6. The number of nitrogens with zero attached hydrogens (tertiary/aromatic N) is 1. The van der Waals surface area contributed by atoms with E-state index < -0.39 is 23.3 Å². The van der Waals surface area contributed by atoms with Crippen LogP contribution in [0, 0.1) is 0 Å². The molecule has 0 aliphatic rings. The molecule has 2 aromatic rings. The summed E-state index contributed by atoms with van der Waals surface area (Å²) in [5.74, 6) is -3.71. The van der Waals surface area contributed by atoms with E-state index in [4.69, 9.17) is 5.11 Å². The molecule has 2 rings (SSSR count). The van der Waals surface area contributed by atoms with Crippen molar-refractivity contribution in [1.29, 1.82) is 0 Å². The molecule has 0 atom stereocenters. The van der Waals surface area contributed by atoms with E-state index in [2.05, 4.69) is 0 Å². The first-order valence-electron chi connectivity index (χ1n) is 6.88. The second kappa shape index (κ2) is 6.41. The van der Waals surface area contributed by atoms with Crippen molar-refractivity contribution >= 4 is 23.4 Å². The van der Waals surface area contributed by atoms with E-state index >= 15 is 0 Å². The minimum atomic E-state index is -1.43. The number of aromatic hydroxyl groups is 1. The van der Waals surface area contributed by atoms with Gasteiger partial charge in [0.25, 0.3) is 0 Å². The molecule has 7 heteroatoms. The number of phenolic OH excluding ortho intramolecular Hbond substituents is 1. The lowest BCUT2D eigenvalue weighted by Crippen LogP contribution is -2.13. The van der Waals surface area contributed by atoms with Crippen LogP contribution in [0.3, 0.4) is 0 Å². The largest absolute Gasteiger partial charge is 0.507 e. The summed E-state index contributed by atoms with van der Waals surface area (Å²) in [6.45, 7) is 0. The number of phenols is 1. The molecule has 3 N–H and O–H groups in total. The number of carbonyl (C=O) groups excluding carboxylic acids is 1. The van der Waals surface area contributed by atoms with E-state index in [1.807, 2.05) is 0 Å². The molecule has 0 aliphatic heterocycles. The van der Waals surface area contributed by atoms with Crippen LogP contribution in [0.15, 0.2) is 36.4 Å². The summed E-state index contributed by atoms with van der Waals surface area (Å²) in [5, 5.41) is 28.2. The average Bonchev–Trinajstić information content (AvgIpc) is 2.53. The lowest BCUT2D eigenvalue weighted by Gasteiger charge is -2.14. The van der Waals surface area contributed by atoms with Gasteiger partial charge in [-0.3, -0.25) is 4.79 Å². The van der Waals surface area contributed by atoms with Crippen LogP contribution in [0.4, 0.5) is 5.69 Å². The highest BCUT2D eigenvalue weighted by Crippen LogP contribution is 2.27. The molecule has 2 aromatic carbocycles. The van der Waals surface area contributed by atoms with E-state index in [-0.39, 0.29) is 22.4 Å². The van der Waals surface area contributed by atoms with Gasteiger partial charge in [-0.15, -0.1) is 0 Å². The quantitative estimate of drug-likeness (QED) is 0.719. The first-order valence-corrected chi connectivity index (χ1v) is 6.88. The summed E-state index contributed by atoms with van der Waals surface area (Å²) in [6.07, 6.45) is 0. The zero-order valence-electron chi connectivity index (χ0n) is 13.0. The third-order valence-corrected chi connectivity index (χ3v) is 3.48. The van der Waals surface area contributed by atoms with Crippen LogP contribution in [-0.4, -0.2) is 47.1 Å². The van der Waals surface area contributed by atoms with Crippen molar-refractivity contribution in [2.45, 2.75) is 0 Å². The van der Waals surface area contributed by atoms with Crippen molar-refractivity contribution in [3.63, 3.8) is 0 Å². The van der Waals surface area contributed by atoms with Crippen LogP contribution in [-0.2, 0) is 0 Å². The fourth-order valence-electron chi connectivity index (χ4n) is 2.19. The highest BCUT2D eigenvalue weighted by atomic mass is 16.4. The van der Waals surface area contributed by atoms with E-state index in [9.17, 15) is 24.6 Å². The average molecular weight is 329 g/mol. The first kappa shape index (κ1) is 17.0. The van der Waals surface area contributed by atoms with Crippen molar-refractivity contribution in [3.05, 3.63) is 58.7 Å². The topological polar surface area (TPSA) is 115 Å². The van der Waals surface area contributed by atoms with Crippen molar-refractivity contribution < 1.29 is 29.7 Å². The van der Waals surface area contributed by atoms with Gasteiger partial charge in [-0.25, -0.2) is 9.59 Å². The summed E-state index contributed by atoms with van der Waals surface area (Å²) in [6, 6.07) is 7.59. The van der Waals surface area contributed by atoms with Crippen molar-refractivity contribution in [1.82, 2.24) is 0 Å². The Morgan fingerprint density at radius 2 is 1.46 bits per heavy atom. The SMILES string of the molecule is CN(C)c1ccc(C(=O)c2ccc(C(=O)O)cc2C(=O)O)c(O)c1. The minimum Gasteiger partial charge on any atom is -0.507 e. The molecular formula is C17H15NO6. The van der Waals surface area contributed by atoms with Gasteiger partial charge in [0.15, 0.2) is 5.78 Å². The Kier molecular flexibility index (Phi) is 4.54. The van der Waals surface area contributed by atoms with E-state index in [1.54, 1.807) is 25.1 Å². The number of carboxylic acid groups (broad SMARTS) is 2. The molecule has 0 heterocycles. The summed E-state index contributed by atoms with van der Waals surface area (Å²) < 4.78 is 0. The number of aromatic carboxylic acids is 2. The van der Waals surface area contributed by atoms with Gasteiger partial charge in [0.2, 0.25) is 0 Å². The third-order valence-electron chi connectivity index (χ3n) is 3.48. The molecule has 124 valence electrons. The predicted molar refractivity (Wildman–Crippen MR) is 86.2 cm³/mol. The van der Waals surface area contributed by atoms with Crippen LogP contribution in [0.25, 0.3) is 0 Å². The highest BCUT2D eigenvalue weighted by molar-refractivity contribution is 6.16. The van der Waals surface area contributed by atoms with Gasteiger partial charge >= 0.3 is 11.9 Å². The molecule has 0 saturated heterocycles. The standard InChI is InChI=1S/C17H15NO6/c1-18(2)10-4-6-12(14(19)8-10)15(20)11-5-3-9(16(21)22)7-13(11)17(23)24/h3-8,19H,1-2H3,(H,21,22)(H,23,24). The van der Waals surface area contributed by atoms with Crippen LogP contribution >= 0.6 is 0 Å². The Hall–Kier alpha value is -3.35. The second-order valence-corrected chi connectivity index (χ2v) is 5.30. The predicted octanol–water partition coefficient (Wildman–Crippen LogP) is 2.09. The van der Waals surface area contributed by atoms with Gasteiger partial charge in [-0.2, -0.15) is 0 Å². The molecule has 0 bridgehead atoms. The Bertz CT molecular complexity index is 841. The normalized spacial score (nSPS) is 10.2. The van der Waals surface area contributed by atoms with Crippen molar-refractivity contribution in [3.8, 4) is 5.75 Å². The summed E-state index contributed by atoms with van der Waals surface area (Å²) in [4.78, 5) is 36.6. The summed E-state index contributed by atoms with van der Waals surface area (Å²) >= 11 is 0. The Morgan fingerprint density at radius 3 is 1.96 bits per heavy atom. The first-order chi connectivity index (χ1) is 11.2. The molecule has 0 unspecified atom stereocenters. The number of carbonyl (C=O) groups is 3. The number of hydrogen-bond acceptors (Lipinski definition) is 5. The molecular weight excluding hydrogens is 314 g/mol. The number of ketones is 1. The minimum absolute atomic E-state index is 0.0637. The molecule has 0 amide bonds. The molecule has 7 nitrogen and oxygen atoms in total. The Morgan fingerprint density at radius 1 is 0.833 bits per heavy atom. The van der Waals surface area contributed by atoms with Gasteiger partial charge in [-0.1, -0.05) is 0 Å². The molecule has 24 heavy (non-hydrogen) atoms. The van der Waals surface area contributed by atoms with E-state index in [0.29, 0.717) is 5.69 Å². The Labute approximate surface area is 137 Å². The van der Waals surface area contributed by atoms with Crippen molar-refractivity contribution in [2.75, 3.05) is 19.0 Å². The lowest BCUT2D eigenvalue weighted by atomic mass is 9.95. The van der Waals surface area contributed by atoms with Crippen molar-refractivity contribution in [2.24, 2.45) is 0 Å². The smallest absolute Gasteiger partial charge is 0.336 e. The zero-order chi connectivity index (χ0) is 18.0. The van der Waals surface area contributed by atoms with Crippen LogP contribution in [0.5, 0.6) is 5.75 Å². The lowest BCUT2D eigenvalue weighted by molar-refractivity contribution is 0.0692. The van der Waals surface area contributed by atoms with Gasteiger partial charge in [0, 0.05) is 31.4 Å². The molecule has 0 radical (unpaired) electrons. The molecule has 0 aliphatic carbocycles. The van der Waals surface area contributed by atoms with Gasteiger partial charge < -0.3 is 20.2 Å². The Balaban J connectivity index is 2.54. The molecule has 0 spiro atoms. The number of benzene rings is 2. The van der Waals surface area contributed by atoms with E-state index in [0.717, 1.165) is 18.2 Å². The number of carboxylic acids is 2. The molecule has 0 fully saturated rings. The maximum absolute atomic E-state index is 12.6. The number of anilines is 1. The van der Waals surface area contributed by atoms with Gasteiger partial charge in [0.05, 0.1) is 16.7 Å². The molecule has 0 aromatic heterocycles. The number of hydrogen-bond donors (Lipinski definition) is 3.